The van der Waals surface area contributed by atoms with Crippen molar-refractivity contribution >= 4 is 65.0 Å². The van der Waals surface area contributed by atoms with Crippen molar-refractivity contribution in [3.63, 3.8) is 0 Å². The fraction of sp³-hybridized carbons (Fsp3) is 0.0435. The minimum Gasteiger partial charge on any atom is -0.320 e. The quantitative estimate of drug-likeness (QED) is 0.172. The molecule has 3 heterocycles. The molecular weight excluding hydrogens is 641 g/mol. The SMILES string of the molecule is Cc1c2c(=NCn3c4ccccc4c4cc(-c5ccc6c(c5)c5ccccc5n6-c5ccccc5)ccc43)cccc-2sc2ccc(C#N)cc12. The molecule has 8 aromatic rings. The smallest absolute Gasteiger partial charge is 0.115 e. The van der Waals surface area contributed by atoms with Crippen LogP contribution in [-0.4, -0.2) is 9.13 Å². The summed E-state index contributed by atoms with van der Waals surface area (Å²) >= 11 is 1.75. The van der Waals surface area contributed by atoms with Gasteiger partial charge in [-0.1, -0.05) is 72.8 Å². The van der Waals surface area contributed by atoms with Gasteiger partial charge in [-0.3, -0.25) is 4.99 Å². The summed E-state index contributed by atoms with van der Waals surface area (Å²) in [5.74, 6) is 0. The van der Waals surface area contributed by atoms with E-state index >= 15 is 0 Å². The van der Waals surface area contributed by atoms with Crippen molar-refractivity contribution in [2.75, 3.05) is 0 Å². The van der Waals surface area contributed by atoms with Gasteiger partial charge in [-0.15, -0.1) is 11.3 Å². The van der Waals surface area contributed by atoms with E-state index in [0.717, 1.165) is 33.1 Å². The Labute approximate surface area is 298 Å². The largest absolute Gasteiger partial charge is 0.320 e. The summed E-state index contributed by atoms with van der Waals surface area (Å²) in [4.78, 5) is 6.46. The van der Waals surface area contributed by atoms with Gasteiger partial charge in [0.05, 0.1) is 39.1 Å². The molecule has 0 saturated carbocycles. The van der Waals surface area contributed by atoms with E-state index in [1.807, 2.05) is 12.1 Å². The fourth-order valence-corrected chi connectivity index (χ4v) is 9.09. The minimum atomic E-state index is 0.494. The molecule has 0 bridgehead atoms. The molecule has 0 radical (unpaired) electrons. The van der Waals surface area contributed by atoms with E-state index < -0.39 is 0 Å². The first-order chi connectivity index (χ1) is 25.2. The van der Waals surface area contributed by atoms with Crippen LogP contribution in [0.5, 0.6) is 0 Å². The summed E-state index contributed by atoms with van der Waals surface area (Å²) in [6, 6.07) is 56.3. The molecule has 240 valence electrons. The maximum atomic E-state index is 9.55. The Bertz CT molecular complexity index is 3080. The number of fused-ring (bicyclic) bond motifs is 8. The highest BCUT2D eigenvalue weighted by Gasteiger charge is 2.16. The highest BCUT2D eigenvalue weighted by atomic mass is 32.1. The van der Waals surface area contributed by atoms with Gasteiger partial charge in [-0.25, -0.2) is 0 Å². The van der Waals surface area contributed by atoms with Crippen LogP contribution in [0.1, 0.15) is 11.1 Å². The number of hydrogen-bond donors (Lipinski definition) is 0. The highest BCUT2D eigenvalue weighted by molar-refractivity contribution is 7.21. The molecule has 4 nitrogen and oxygen atoms in total. The maximum absolute atomic E-state index is 9.55. The lowest BCUT2D eigenvalue weighted by Crippen LogP contribution is -2.10. The van der Waals surface area contributed by atoms with E-state index in [-0.39, 0.29) is 0 Å². The van der Waals surface area contributed by atoms with Crippen molar-refractivity contribution in [1.29, 1.82) is 5.26 Å². The van der Waals surface area contributed by atoms with Gasteiger partial charge in [0.25, 0.3) is 0 Å². The Morgan fingerprint density at radius 1 is 0.588 bits per heavy atom. The van der Waals surface area contributed by atoms with Gasteiger partial charge in [0, 0.05) is 42.4 Å². The Kier molecular flexibility index (Phi) is 6.67. The number of rotatable bonds is 4. The van der Waals surface area contributed by atoms with Crippen molar-refractivity contribution < 1.29 is 0 Å². The van der Waals surface area contributed by atoms with E-state index in [9.17, 15) is 5.26 Å². The van der Waals surface area contributed by atoms with Crippen LogP contribution in [0.4, 0.5) is 0 Å². The molecule has 1 aliphatic heterocycles. The van der Waals surface area contributed by atoms with E-state index in [1.54, 1.807) is 11.3 Å². The topological polar surface area (TPSA) is 46.0 Å². The normalized spacial score (nSPS) is 12.2. The first kappa shape index (κ1) is 29.4. The second-order valence-corrected chi connectivity index (χ2v) is 14.2. The van der Waals surface area contributed by atoms with Gasteiger partial charge >= 0.3 is 0 Å². The summed E-state index contributed by atoms with van der Waals surface area (Å²) in [6.07, 6.45) is 0. The standard InChI is InChI=1S/C46H30N4S/c1-29-36-24-30(27-47)18-23-44(36)51-45-17-9-14-39(46(29)45)48-28-49-40-15-7-5-12-34(40)37-25-31(19-21-41(37)49)32-20-22-43-38(26-32)35-13-6-8-16-42(35)50(43)33-10-3-2-4-11-33/h2-26H,28H2,1H3. The summed E-state index contributed by atoms with van der Waals surface area (Å²) in [5.41, 5.74) is 11.3. The van der Waals surface area contributed by atoms with E-state index in [0.29, 0.717) is 12.2 Å². The predicted molar refractivity (Wildman–Crippen MR) is 213 cm³/mol. The average molecular weight is 671 g/mol. The highest BCUT2D eigenvalue weighted by Crippen LogP contribution is 2.38. The number of para-hydroxylation sites is 3. The van der Waals surface area contributed by atoms with Crippen LogP contribution in [0.2, 0.25) is 0 Å². The molecule has 0 spiro atoms. The van der Waals surface area contributed by atoms with Gasteiger partial charge in [-0.2, -0.15) is 5.26 Å². The number of aryl methyl sites for hydroxylation is 1. The predicted octanol–water partition coefficient (Wildman–Crippen LogP) is 11.6. The van der Waals surface area contributed by atoms with Gasteiger partial charge < -0.3 is 9.13 Å². The molecule has 2 aromatic heterocycles. The third-order valence-corrected chi connectivity index (χ3v) is 11.4. The molecule has 6 aromatic carbocycles. The second-order valence-electron chi connectivity index (χ2n) is 13.1. The lowest BCUT2D eigenvalue weighted by Gasteiger charge is -2.13. The molecule has 1 aliphatic carbocycles. The zero-order valence-electron chi connectivity index (χ0n) is 27.8. The zero-order chi connectivity index (χ0) is 34.1. The Morgan fingerprint density at radius 2 is 1.24 bits per heavy atom. The lowest BCUT2D eigenvalue weighted by molar-refractivity contribution is 0.770. The third kappa shape index (κ3) is 4.61. The van der Waals surface area contributed by atoms with Gasteiger partial charge in [0.15, 0.2) is 0 Å². The van der Waals surface area contributed by atoms with Gasteiger partial charge in [0.2, 0.25) is 0 Å². The number of aromatic nitrogens is 2. The molecule has 5 heteroatoms. The fourth-order valence-electron chi connectivity index (χ4n) is 7.89. The Morgan fingerprint density at radius 3 is 2.02 bits per heavy atom. The van der Waals surface area contributed by atoms with Crippen LogP contribution in [0.25, 0.3) is 81.0 Å². The summed E-state index contributed by atoms with van der Waals surface area (Å²) in [7, 11) is 0. The molecule has 0 saturated heterocycles. The third-order valence-electron chi connectivity index (χ3n) is 10.3. The van der Waals surface area contributed by atoms with Crippen LogP contribution < -0.4 is 5.36 Å². The molecule has 2 aliphatic rings. The number of nitrogens with zero attached hydrogens (tertiary/aromatic N) is 4. The van der Waals surface area contributed by atoms with Crippen molar-refractivity contribution in [1.82, 2.24) is 9.13 Å². The summed E-state index contributed by atoms with van der Waals surface area (Å²) in [6.45, 7) is 2.64. The number of nitriles is 1. The average Bonchev–Trinajstić information content (AvgIpc) is 3.69. The molecule has 0 fully saturated rings. The molecule has 0 atom stereocenters. The summed E-state index contributed by atoms with van der Waals surface area (Å²) in [5, 5.41) is 16.6. The first-order valence-electron chi connectivity index (χ1n) is 17.1. The second kappa shape index (κ2) is 11.6. The van der Waals surface area contributed by atoms with Crippen LogP contribution in [0.3, 0.4) is 0 Å². The van der Waals surface area contributed by atoms with Crippen molar-refractivity contribution in [3.8, 4) is 33.3 Å². The van der Waals surface area contributed by atoms with Crippen molar-refractivity contribution in [2.45, 2.75) is 13.6 Å². The molecular formula is C46H30N4S. The van der Waals surface area contributed by atoms with Crippen LogP contribution >= 0.6 is 11.3 Å². The van der Waals surface area contributed by atoms with Gasteiger partial charge in [-0.05, 0) is 108 Å². The van der Waals surface area contributed by atoms with E-state index in [2.05, 4.69) is 162 Å². The molecule has 10 rings (SSSR count). The lowest BCUT2D eigenvalue weighted by atomic mass is 10.0. The van der Waals surface area contributed by atoms with Crippen LogP contribution in [-0.2, 0) is 6.67 Å². The number of hydrogen-bond acceptors (Lipinski definition) is 3. The maximum Gasteiger partial charge on any atom is 0.115 e. The van der Waals surface area contributed by atoms with Crippen LogP contribution in [0.15, 0.2) is 157 Å². The van der Waals surface area contributed by atoms with Gasteiger partial charge in [0.1, 0.15) is 6.67 Å². The van der Waals surface area contributed by atoms with E-state index in [1.165, 1.54) is 58.8 Å². The van der Waals surface area contributed by atoms with Crippen molar-refractivity contribution in [2.24, 2.45) is 4.99 Å². The zero-order valence-corrected chi connectivity index (χ0v) is 28.7. The first-order valence-corrected chi connectivity index (χ1v) is 17.9. The summed E-state index contributed by atoms with van der Waals surface area (Å²) < 4.78 is 5.87. The molecule has 0 N–H and O–H groups in total. The van der Waals surface area contributed by atoms with Crippen LogP contribution in [0, 0.1) is 18.3 Å². The Hall–Kier alpha value is -6.48. The molecule has 0 amide bonds. The van der Waals surface area contributed by atoms with Crippen molar-refractivity contribution in [3.05, 3.63) is 168 Å². The molecule has 0 unspecified atom stereocenters. The Balaban J connectivity index is 1.11. The minimum absolute atomic E-state index is 0.494. The van der Waals surface area contributed by atoms with E-state index in [4.69, 9.17) is 4.99 Å². The monoisotopic (exact) mass is 670 g/mol. The molecule has 51 heavy (non-hydrogen) atoms. The number of benzene rings is 7.